The first kappa shape index (κ1) is 19.3. The number of hydrogen-bond donors (Lipinski definition) is 2. The van der Waals surface area contributed by atoms with Gasteiger partial charge in [-0.3, -0.25) is 0 Å². The van der Waals surface area contributed by atoms with E-state index in [1.165, 1.54) is 48.1 Å². The van der Waals surface area contributed by atoms with Crippen molar-refractivity contribution in [2.45, 2.75) is 55.1 Å². The van der Waals surface area contributed by atoms with Crippen LogP contribution in [0, 0.1) is 5.92 Å². The normalized spacial score (nSPS) is 17.1. The van der Waals surface area contributed by atoms with Crippen LogP contribution < -0.4 is 11.1 Å². The number of halogens is 1. The highest BCUT2D eigenvalue weighted by molar-refractivity contribution is 9.10. The maximum Gasteiger partial charge on any atom is 0.175 e. The highest BCUT2D eigenvalue weighted by Crippen LogP contribution is 2.39. The molecule has 0 bridgehead atoms. The Hall–Kier alpha value is -1.64. The van der Waals surface area contributed by atoms with Crippen molar-refractivity contribution in [2.75, 3.05) is 18.8 Å². The zero-order valence-corrected chi connectivity index (χ0v) is 18.7. The summed E-state index contributed by atoms with van der Waals surface area (Å²) in [5, 5.41) is 4.39. The summed E-state index contributed by atoms with van der Waals surface area (Å²) < 4.78 is 3.37. The zero-order valence-electron chi connectivity index (χ0n) is 16.3. The van der Waals surface area contributed by atoms with Crippen LogP contribution in [0.4, 0.5) is 5.82 Å². The van der Waals surface area contributed by atoms with Crippen LogP contribution in [-0.2, 0) is 19.4 Å². The van der Waals surface area contributed by atoms with Gasteiger partial charge >= 0.3 is 0 Å². The van der Waals surface area contributed by atoms with Crippen molar-refractivity contribution in [2.24, 2.45) is 5.92 Å². The van der Waals surface area contributed by atoms with Crippen LogP contribution in [0.25, 0.3) is 11.2 Å². The molecule has 6 nitrogen and oxygen atoms in total. The Morgan fingerprint density at radius 1 is 1.17 bits per heavy atom. The lowest BCUT2D eigenvalue weighted by Gasteiger charge is -2.23. The fourth-order valence-corrected chi connectivity index (χ4v) is 6.06. The molecule has 3 N–H and O–H groups in total. The maximum atomic E-state index is 6.12. The fraction of sp³-hybridized carbons (Fsp3) is 0.476. The Balaban J connectivity index is 1.48. The van der Waals surface area contributed by atoms with Gasteiger partial charge in [0.15, 0.2) is 22.1 Å². The summed E-state index contributed by atoms with van der Waals surface area (Å²) in [6.07, 6.45) is 8.75. The van der Waals surface area contributed by atoms with E-state index in [4.69, 9.17) is 10.7 Å². The number of aryl methyl sites for hydroxylation is 3. The maximum absolute atomic E-state index is 6.12. The van der Waals surface area contributed by atoms with Gasteiger partial charge < -0.3 is 15.6 Å². The molecule has 1 aromatic carbocycles. The number of nitrogen functional groups attached to an aromatic ring is 1. The van der Waals surface area contributed by atoms with Gasteiger partial charge in [-0.2, -0.15) is 0 Å². The predicted octanol–water partition coefficient (Wildman–Crippen LogP) is 4.20. The minimum atomic E-state index is 0.450. The average molecular weight is 473 g/mol. The second-order valence-electron chi connectivity index (χ2n) is 7.97. The van der Waals surface area contributed by atoms with Crippen LogP contribution >= 0.6 is 27.7 Å². The Morgan fingerprint density at radius 3 is 2.79 bits per heavy atom. The lowest BCUT2D eigenvalue weighted by atomic mass is 9.95. The van der Waals surface area contributed by atoms with E-state index in [1.807, 2.05) is 0 Å². The summed E-state index contributed by atoms with van der Waals surface area (Å²) in [6, 6.07) is 4.60. The molecule has 0 amide bonds. The first-order valence-electron chi connectivity index (χ1n) is 10.4. The summed E-state index contributed by atoms with van der Waals surface area (Å²) >= 11 is 5.47. The molecular weight excluding hydrogens is 448 g/mol. The molecule has 1 aliphatic heterocycles. The number of imidazole rings is 1. The van der Waals surface area contributed by atoms with Crippen molar-refractivity contribution in [3.05, 3.63) is 34.1 Å². The van der Waals surface area contributed by atoms with Gasteiger partial charge in [0, 0.05) is 15.9 Å². The van der Waals surface area contributed by atoms with Crippen molar-refractivity contribution >= 4 is 44.7 Å². The van der Waals surface area contributed by atoms with Gasteiger partial charge in [-0.05, 0) is 96.7 Å². The largest absolute Gasteiger partial charge is 0.382 e. The van der Waals surface area contributed by atoms with Crippen LogP contribution in [0.1, 0.15) is 36.8 Å². The van der Waals surface area contributed by atoms with Crippen molar-refractivity contribution in [3.8, 4) is 0 Å². The Kier molecular flexibility index (Phi) is 5.49. The Bertz CT molecular complexity index is 1040. The number of anilines is 1. The minimum Gasteiger partial charge on any atom is -0.382 e. The molecule has 2 aliphatic rings. The van der Waals surface area contributed by atoms with Crippen LogP contribution in [-0.4, -0.2) is 32.6 Å². The highest BCUT2D eigenvalue weighted by atomic mass is 79.9. The molecule has 1 aliphatic carbocycles. The quantitative estimate of drug-likeness (QED) is 0.578. The Morgan fingerprint density at radius 2 is 1.97 bits per heavy atom. The summed E-state index contributed by atoms with van der Waals surface area (Å²) in [5.41, 5.74) is 10.6. The number of benzene rings is 1. The molecule has 0 saturated carbocycles. The number of aromatic nitrogens is 4. The lowest BCUT2D eigenvalue weighted by molar-refractivity contribution is 0.335. The number of nitrogens with two attached hydrogens (primary N) is 1. The Labute approximate surface area is 183 Å². The molecule has 1 saturated heterocycles. The predicted molar refractivity (Wildman–Crippen MR) is 120 cm³/mol. The number of nitrogens with zero attached hydrogens (tertiary/aromatic N) is 4. The average Bonchev–Trinajstić information content (AvgIpc) is 3.32. The molecule has 0 unspecified atom stereocenters. The third-order valence-electron chi connectivity index (χ3n) is 6.09. The second kappa shape index (κ2) is 8.24. The molecule has 152 valence electrons. The van der Waals surface area contributed by atoms with E-state index in [-0.39, 0.29) is 0 Å². The second-order valence-corrected chi connectivity index (χ2v) is 9.83. The first-order chi connectivity index (χ1) is 14.2. The molecule has 3 aromatic rings. The summed E-state index contributed by atoms with van der Waals surface area (Å²) in [4.78, 5) is 14.7. The van der Waals surface area contributed by atoms with Gasteiger partial charge in [-0.1, -0.05) is 11.8 Å². The number of hydrogen-bond acceptors (Lipinski definition) is 6. The van der Waals surface area contributed by atoms with E-state index in [0.717, 1.165) is 47.2 Å². The van der Waals surface area contributed by atoms with Gasteiger partial charge in [-0.15, -0.1) is 0 Å². The van der Waals surface area contributed by atoms with E-state index >= 15 is 0 Å². The number of fused-ring (bicyclic) bond motifs is 2. The smallest absolute Gasteiger partial charge is 0.175 e. The van der Waals surface area contributed by atoms with Crippen molar-refractivity contribution in [1.82, 2.24) is 24.8 Å². The highest BCUT2D eigenvalue weighted by Gasteiger charge is 2.21. The molecule has 8 heteroatoms. The minimum absolute atomic E-state index is 0.450. The van der Waals surface area contributed by atoms with Crippen molar-refractivity contribution in [3.63, 3.8) is 0 Å². The van der Waals surface area contributed by atoms with Crippen LogP contribution in [0.3, 0.4) is 0 Å². The van der Waals surface area contributed by atoms with E-state index < -0.39 is 0 Å². The molecule has 2 aromatic heterocycles. The van der Waals surface area contributed by atoms with Gasteiger partial charge in [0.1, 0.15) is 6.33 Å². The molecule has 3 heterocycles. The monoisotopic (exact) mass is 472 g/mol. The van der Waals surface area contributed by atoms with Gasteiger partial charge in [0.25, 0.3) is 0 Å². The van der Waals surface area contributed by atoms with Crippen LogP contribution in [0.5, 0.6) is 0 Å². The topological polar surface area (TPSA) is 81.7 Å². The van der Waals surface area contributed by atoms with E-state index in [0.29, 0.717) is 11.3 Å². The van der Waals surface area contributed by atoms with E-state index in [2.05, 4.69) is 47.9 Å². The SMILES string of the molecule is Nc1ncnc2c1nc(Sc1cc3c(cc1Br)CCC3)n2CCC1CCNCC1. The summed E-state index contributed by atoms with van der Waals surface area (Å²) in [6.45, 7) is 3.14. The van der Waals surface area contributed by atoms with Gasteiger partial charge in [0.05, 0.1) is 0 Å². The van der Waals surface area contributed by atoms with Gasteiger partial charge in [0.2, 0.25) is 0 Å². The van der Waals surface area contributed by atoms with Gasteiger partial charge in [-0.25, -0.2) is 15.0 Å². The molecule has 5 rings (SSSR count). The number of nitrogens with one attached hydrogen (secondary N) is 1. The van der Waals surface area contributed by atoms with E-state index in [9.17, 15) is 0 Å². The molecule has 0 atom stereocenters. The standard InChI is InChI=1S/C21H25BrN6S/c22-16-10-14-2-1-3-15(14)11-17(16)29-21-27-18-19(23)25-12-26-20(18)28(21)9-6-13-4-7-24-8-5-13/h10-13,24H,1-9H2,(H2,23,25,26). The summed E-state index contributed by atoms with van der Waals surface area (Å²) in [7, 11) is 0. The van der Waals surface area contributed by atoms with Crippen molar-refractivity contribution in [1.29, 1.82) is 0 Å². The number of piperidine rings is 1. The molecule has 0 radical (unpaired) electrons. The molecule has 1 fully saturated rings. The third kappa shape index (κ3) is 3.90. The lowest BCUT2D eigenvalue weighted by Crippen LogP contribution is -2.28. The first-order valence-corrected chi connectivity index (χ1v) is 12.0. The molecular formula is C21H25BrN6S. The van der Waals surface area contributed by atoms with Crippen LogP contribution in [0.15, 0.2) is 33.0 Å². The van der Waals surface area contributed by atoms with Crippen LogP contribution in [0.2, 0.25) is 0 Å². The van der Waals surface area contributed by atoms with Crippen molar-refractivity contribution < 1.29 is 0 Å². The third-order valence-corrected chi connectivity index (χ3v) is 8.06. The molecule has 29 heavy (non-hydrogen) atoms. The summed E-state index contributed by atoms with van der Waals surface area (Å²) in [5.74, 6) is 1.20. The fourth-order valence-electron chi connectivity index (χ4n) is 4.44. The molecule has 0 spiro atoms. The van der Waals surface area contributed by atoms with E-state index in [1.54, 1.807) is 18.1 Å². The zero-order chi connectivity index (χ0) is 19.8. The number of rotatable bonds is 5.